The summed E-state index contributed by atoms with van der Waals surface area (Å²) in [6.45, 7) is 5.91. The largest absolute Gasteiger partial charge is 0.497 e. The van der Waals surface area contributed by atoms with Crippen LogP contribution >= 0.6 is 0 Å². The number of carbonyl (C=O) groups is 2. The molecular weight excluding hydrogens is 244 g/mol. The molecule has 0 saturated heterocycles. The maximum Gasteiger partial charge on any atom is 0.403 e. The van der Waals surface area contributed by atoms with Crippen molar-refractivity contribution in [2.75, 3.05) is 0 Å². The van der Waals surface area contributed by atoms with E-state index in [0.717, 1.165) is 0 Å². The Morgan fingerprint density at radius 3 is 1.31 bits per heavy atom. The summed E-state index contributed by atoms with van der Waals surface area (Å²) in [5.74, 6) is -2.40. The lowest BCUT2D eigenvalue weighted by molar-refractivity contribution is -0.157. The second kappa shape index (κ2) is 4.92. The highest BCUT2D eigenvalue weighted by Crippen LogP contribution is 2.06. The van der Waals surface area contributed by atoms with E-state index in [0.29, 0.717) is 0 Å². The van der Waals surface area contributed by atoms with Gasteiger partial charge in [-0.25, -0.2) is 20.1 Å². The summed E-state index contributed by atoms with van der Waals surface area (Å²) in [5.41, 5.74) is 3.68. The lowest BCUT2D eigenvalue weighted by Gasteiger charge is -2.16. The first-order chi connectivity index (χ1) is 7.13. The van der Waals surface area contributed by atoms with Gasteiger partial charge in [-0.2, -0.15) is 0 Å². The molecule has 16 heavy (non-hydrogen) atoms. The van der Waals surface area contributed by atoms with E-state index in [2.05, 4.69) is 0 Å². The number of nitriles is 2. The van der Waals surface area contributed by atoms with E-state index < -0.39 is 28.6 Å². The van der Waals surface area contributed by atoms with E-state index in [4.69, 9.17) is 19.4 Å². The lowest BCUT2D eigenvalue weighted by atomic mass is 10.7. The lowest BCUT2D eigenvalue weighted by Crippen LogP contribution is -2.40. The Kier molecular flexibility index (Phi) is 4.41. The van der Waals surface area contributed by atoms with Crippen molar-refractivity contribution >= 4 is 28.6 Å². The molecule has 0 saturated carbocycles. The Hall–Kier alpha value is -1.65. The fourth-order valence-electron chi connectivity index (χ4n) is 0.592. The SMILES string of the molecule is C[Si](C)(C#N)OC(=O)C(=O)O[Si](C)(C)C#N. The van der Waals surface area contributed by atoms with Crippen molar-refractivity contribution in [2.24, 2.45) is 0 Å². The zero-order valence-electron chi connectivity index (χ0n) is 9.53. The summed E-state index contributed by atoms with van der Waals surface area (Å²) in [6, 6.07) is 0. The van der Waals surface area contributed by atoms with E-state index in [1.807, 2.05) is 11.4 Å². The van der Waals surface area contributed by atoms with Crippen molar-refractivity contribution in [1.29, 1.82) is 10.5 Å². The molecule has 0 heterocycles. The quantitative estimate of drug-likeness (QED) is 0.530. The van der Waals surface area contributed by atoms with Gasteiger partial charge in [-0.3, -0.25) is 0 Å². The van der Waals surface area contributed by atoms with Crippen LogP contribution in [0.15, 0.2) is 0 Å². The molecule has 6 nitrogen and oxygen atoms in total. The number of carbonyl (C=O) groups excluding carboxylic acids is 2. The first kappa shape index (κ1) is 14.4. The summed E-state index contributed by atoms with van der Waals surface area (Å²) in [6.07, 6.45) is 0. The third-order valence-electron chi connectivity index (χ3n) is 1.40. The standard InChI is InChI=1S/C8H12N2O4Si2/c1-15(2,5-9)13-7(11)8(12)14-16(3,4)6-10/h1-4H3. The fraction of sp³-hybridized carbons (Fsp3) is 0.500. The fourth-order valence-corrected chi connectivity index (χ4v) is 1.78. The molecule has 0 rings (SSSR count). The molecule has 0 fully saturated rings. The number of nitrogens with zero attached hydrogens (tertiary/aromatic N) is 2. The minimum Gasteiger partial charge on any atom is -0.497 e. The van der Waals surface area contributed by atoms with Gasteiger partial charge in [0.05, 0.1) is 11.4 Å². The number of hydrogen-bond acceptors (Lipinski definition) is 6. The normalized spacial score (nSPS) is 10.9. The van der Waals surface area contributed by atoms with Crippen molar-refractivity contribution in [3.05, 3.63) is 0 Å². The van der Waals surface area contributed by atoms with Gasteiger partial charge in [0, 0.05) is 0 Å². The minimum absolute atomic E-state index is 1.20. The van der Waals surface area contributed by atoms with Crippen molar-refractivity contribution in [1.82, 2.24) is 0 Å². The molecule has 0 aliphatic rings. The van der Waals surface area contributed by atoms with Crippen LogP contribution in [0, 0.1) is 21.9 Å². The average Bonchev–Trinajstić information content (AvgIpc) is 2.16. The zero-order chi connectivity index (χ0) is 13.0. The molecule has 0 amide bonds. The van der Waals surface area contributed by atoms with Gasteiger partial charge >= 0.3 is 28.6 Å². The monoisotopic (exact) mass is 256 g/mol. The first-order valence-corrected chi connectivity index (χ1v) is 10.2. The molecule has 0 radical (unpaired) electrons. The number of hydrogen-bond donors (Lipinski definition) is 0. The van der Waals surface area contributed by atoms with Gasteiger partial charge in [-0.15, -0.1) is 0 Å². The molecule has 0 aliphatic heterocycles. The Balaban J connectivity index is 4.52. The van der Waals surface area contributed by atoms with Gasteiger partial charge in [-0.05, 0) is 26.2 Å². The van der Waals surface area contributed by atoms with E-state index in [9.17, 15) is 9.59 Å². The van der Waals surface area contributed by atoms with Gasteiger partial charge in [-0.1, -0.05) is 0 Å². The maximum atomic E-state index is 11.2. The number of rotatable bonds is 2. The summed E-state index contributed by atoms with van der Waals surface area (Å²) < 4.78 is 9.43. The molecule has 0 aliphatic carbocycles. The average molecular weight is 256 g/mol. The molecule has 0 unspecified atom stereocenters. The molecule has 0 spiro atoms. The molecule has 0 aromatic rings. The maximum absolute atomic E-state index is 11.2. The van der Waals surface area contributed by atoms with Crippen LogP contribution < -0.4 is 0 Å². The van der Waals surface area contributed by atoms with Crippen LogP contribution in [0.2, 0.25) is 26.2 Å². The van der Waals surface area contributed by atoms with Crippen LogP contribution in [0.25, 0.3) is 0 Å². The van der Waals surface area contributed by atoms with Crippen molar-refractivity contribution in [3.63, 3.8) is 0 Å². The molecule has 0 aromatic carbocycles. The van der Waals surface area contributed by atoms with E-state index in [-0.39, 0.29) is 0 Å². The Bertz CT molecular complexity index is 354. The van der Waals surface area contributed by atoms with Crippen LogP contribution in [-0.4, -0.2) is 28.6 Å². The van der Waals surface area contributed by atoms with Gasteiger partial charge in [0.25, 0.3) is 0 Å². The van der Waals surface area contributed by atoms with Gasteiger partial charge in [0.2, 0.25) is 0 Å². The van der Waals surface area contributed by atoms with E-state index in [1.54, 1.807) is 0 Å². The van der Waals surface area contributed by atoms with Gasteiger partial charge in [0.1, 0.15) is 0 Å². The summed E-state index contributed by atoms with van der Waals surface area (Å²) in [5, 5.41) is 17.3. The first-order valence-electron chi connectivity index (χ1n) is 4.42. The second-order valence-electron chi connectivity index (χ2n) is 4.02. The van der Waals surface area contributed by atoms with Crippen LogP contribution in [0.1, 0.15) is 0 Å². The highest BCUT2D eigenvalue weighted by atomic mass is 28.4. The van der Waals surface area contributed by atoms with Gasteiger partial charge < -0.3 is 8.85 Å². The van der Waals surface area contributed by atoms with Gasteiger partial charge in [0.15, 0.2) is 0 Å². The summed E-state index contributed by atoms with van der Waals surface area (Å²) in [4.78, 5) is 22.4. The van der Waals surface area contributed by atoms with Crippen molar-refractivity contribution in [3.8, 4) is 11.4 Å². The smallest absolute Gasteiger partial charge is 0.403 e. The predicted molar refractivity (Wildman–Crippen MR) is 58.4 cm³/mol. The van der Waals surface area contributed by atoms with Crippen LogP contribution in [-0.2, 0) is 18.4 Å². The molecule has 8 heteroatoms. The van der Waals surface area contributed by atoms with Crippen molar-refractivity contribution in [2.45, 2.75) is 26.2 Å². The minimum atomic E-state index is -2.80. The van der Waals surface area contributed by atoms with Crippen molar-refractivity contribution < 1.29 is 18.4 Å². The Labute approximate surface area is 95.6 Å². The highest BCUT2D eigenvalue weighted by molar-refractivity contribution is 6.82. The molecule has 0 bridgehead atoms. The summed E-state index contributed by atoms with van der Waals surface area (Å²) >= 11 is 0. The highest BCUT2D eigenvalue weighted by Gasteiger charge is 2.35. The van der Waals surface area contributed by atoms with Crippen LogP contribution in [0.4, 0.5) is 0 Å². The van der Waals surface area contributed by atoms with E-state index in [1.165, 1.54) is 26.2 Å². The third-order valence-corrected chi connectivity index (χ3v) is 3.87. The Morgan fingerprint density at radius 2 is 1.12 bits per heavy atom. The topological polar surface area (TPSA) is 100 Å². The van der Waals surface area contributed by atoms with Crippen LogP contribution in [0.5, 0.6) is 0 Å². The predicted octanol–water partition coefficient (Wildman–Crippen LogP) is 0.609. The molecule has 0 atom stereocenters. The molecule has 86 valence electrons. The zero-order valence-corrected chi connectivity index (χ0v) is 11.5. The molecular formula is C8H12N2O4Si2. The Morgan fingerprint density at radius 1 is 0.875 bits per heavy atom. The van der Waals surface area contributed by atoms with Crippen LogP contribution in [0.3, 0.4) is 0 Å². The third kappa shape index (κ3) is 4.73. The summed E-state index contributed by atoms with van der Waals surface area (Å²) in [7, 11) is -5.60. The molecule has 0 N–H and O–H groups in total. The molecule has 0 aromatic heterocycles. The van der Waals surface area contributed by atoms with E-state index >= 15 is 0 Å². The second-order valence-corrected chi connectivity index (χ2v) is 10.9.